The molecule has 0 spiro atoms. The monoisotopic (exact) mass is 354 g/mol. The minimum atomic E-state index is -0.663. The number of cyclic esters (lactones) is 1. The maximum absolute atomic E-state index is 13.7. The molecule has 1 fully saturated rings. The third-order valence-electron chi connectivity index (χ3n) is 4.67. The number of halogens is 1. The van der Waals surface area contributed by atoms with Crippen molar-refractivity contribution in [2.45, 2.75) is 45.8 Å². The van der Waals surface area contributed by atoms with Gasteiger partial charge < -0.3 is 9.84 Å². The quantitative estimate of drug-likeness (QED) is 0.826. The molecular formula is C22H23FO3. The summed E-state index contributed by atoms with van der Waals surface area (Å²) in [6.07, 6.45) is 3.10. The van der Waals surface area contributed by atoms with Crippen molar-refractivity contribution in [2.75, 3.05) is 0 Å². The smallest absolute Gasteiger partial charge is 0.309 e. The molecule has 0 unspecified atom stereocenters. The number of carbonyl (C=O) groups is 1. The van der Waals surface area contributed by atoms with E-state index in [2.05, 4.69) is 12.1 Å². The molecule has 0 aromatic heterocycles. The highest BCUT2D eigenvalue weighted by atomic mass is 19.1. The Kier molecular flexibility index (Phi) is 5.23. The van der Waals surface area contributed by atoms with Crippen LogP contribution in [0.5, 0.6) is 0 Å². The molecule has 1 saturated heterocycles. The summed E-state index contributed by atoms with van der Waals surface area (Å²) in [5, 5.41) is 9.76. The molecule has 3 rings (SSSR count). The van der Waals surface area contributed by atoms with Crippen molar-refractivity contribution in [3.05, 3.63) is 64.5 Å². The molecule has 1 aliphatic rings. The van der Waals surface area contributed by atoms with E-state index in [0.717, 1.165) is 27.8 Å². The fourth-order valence-electron chi connectivity index (χ4n) is 3.38. The number of ether oxygens (including phenoxy) is 1. The maximum Gasteiger partial charge on any atom is 0.309 e. The molecule has 1 heterocycles. The van der Waals surface area contributed by atoms with E-state index in [0.29, 0.717) is 12.0 Å². The van der Waals surface area contributed by atoms with E-state index in [1.54, 1.807) is 13.0 Å². The molecule has 0 aliphatic carbocycles. The van der Waals surface area contributed by atoms with Crippen LogP contribution < -0.4 is 0 Å². The molecule has 136 valence electrons. The summed E-state index contributed by atoms with van der Waals surface area (Å²) in [5.74, 6) is -0.605. The Morgan fingerprint density at radius 2 is 1.92 bits per heavy atom. The topological polar surface area (TPSA) is 46.5 Å². The average Bonchev–Trinajstić information content (AvgIpc) is 2.55. The summed E-state index contributed by atoms with van der Waals surface area (Å²) in [4.78, 5) is 11.5. The second kappa shape index (κ2) is 7.42. The van der Waals surface area contributed by atoms with Crippen molar-refractivity contribution in [3.8, 4) is 11.1 Å². The Morgan fingerprint density at radius 3 is 2.62 bits per heavy atom. The Labute approximate surface area is 153 Å². The van der Waals surface area contributed by atoms with Gasteiger partial charge in [0.05, 0.1) is 12.5 Å². The Hall–Kier alpha value is -2.46. The number of rotatable bonds is 3. The summed E-state index contributed by atoms with van der Waals surface area (Å²) in [6.45, 7) is 5.80. The minimum Gasteiger partial charge on any atom is -0.458 e. The third-order valence-corrected chi connectivity index (χ3v) is 4.67. The lowest BCUT2D eigenvalue weighted by atomic mass is 9.92. The van der Waals surface area contributed by atoms with Gasteiger partial charge in [-0.15, -0.1) is 0 Å². The van der Waals surface area contributed by atoms with Gasteiger partial charge in [-0.3, -0.25) is 4.79 Å². The highest BCUT2D eigenvalue weighted by Crippen LogP contribution is 2.31. The van der Waals surface area contributed by atoms with Gasteiger partial charge in [0.15, 0.2) is 0 Å². The Morgan fingerprint density at radius 1 is 1.15 bits per heavy atom. The fraction of sp³-hybridized carbons (Fsp3) is 0.318. The summed E-state index contributed by atoms with van der Waals surface area (Å²) in [6, 6.07) is 9.25. The number of esters is 1. The zero-order valence-electron chi connectivity index (χ0n) is 15.3. The standard InChI is InChI=1S/C22H23FO3/c1-13-8-14(2)19(6-5-18-11-17(24)12-22(25)26-18)20(9-13)16-4-7-21(23)15(3)10-16/h4-10,17-18,24H,11-12H2,1-3H3/t17-,18-/m1/s1. The molecular weight excluding hydrogens is 331 g/mol. The lowest BCUT2D eigenvalue weighted by Crippen LogP contribution is -2.31. The van der Waals surface area contributed by atoms with Crippen LogP contribution in [0.2, 0.25) is 0 Å². The van der Waals surface area contributed by atoms with Crippen LogP contribution in [0.1, 0.15) is 35.1 Å². The van der Waals surface area contributed by atoms with Crippen molar-refractivity contribution in [1.29, 1.82) is 0 Å². The Bertz CT molecular complexity index is 870. The number of hydrogen-bond donors (Lipinski definition) is 1. The first kappa shape index (κ1) is 18.3. The fourth-order valence-corrected chi connectivity index (χ4v) is 3.38. The predicted octanol–water partition coefficient (Wildman–Crippen LogP) is 4.50. The molecule has 2 aromatic rings. The first-order valence-electron chi connectivity index (χ1n) is 8.77. The summed E-state index contributed by atoms with van der Waals surface area (Å²) in [5.41, 5.74) is 5.75. The first-order chi connectivity index (χ1) is 12.3. The molecule has 2 atom stereocenters. The molecule has 1 N–H and O–H groups in total. The normalized spacial score (nSPS) is 20.4. The van der Waals surface area contributed by atoms with Crippen LogP contribution in [0.15, 0.2) is 36.4 Å². The lowest BCUT2D eigenvalue weighted by Gasteiger charge is -2.23. The summed E-state index contributed by atoms with van der Waals surface area (Å²) >= 11 is 0. The molecule has 0 amide bonds. The zero-order valence-corrected chi connectivity index (χ0v) is 15.3. The second-order valence-corrected chi connectivity index (χ2v) is 6.99. The van der Waals surface area contributed by atoms with Gasteiger partial charge in [-0.25, -0.2) is 4.39 Å². The molecule has 26 heavy (non-hydrogen) atoms. The van der Waals surface area contributed by atoms with E-state index in [4.69, 9.17) is 4.74 Å². The third kappa shape index (κ3) is 4.02. The van der Waals surface area contributed by atoms with Gasteiger partial charge in [-0.05, 0) is 66.8 Å². The van der Waals surface area contributed by atoms with Gasteiger partial charge in [0.25, 0.3) is 0 Å². The van der Waals surface area contributed by atoms with Crippen LogP contribution in [-0.4, -0.2) is 23.3 Å². The van der Waals surface area contributed by atoms with Crippen LogP contribution in [0.25, 0.3) is 17.2 Å². The molecule has 0 radical (unpaired) electrons. The van der Waals surface area contributed by atoms with Crippen molar-refractivity contribution in [2.24, 2.45) is 0 Å². The van der Waals surface area contributed by atoms with E-state index < -0.39 is 12.2 Å². The zero-order chi connectivity index (χ0) is 18.8. The maximum atomic E-state index is 13.7. The molecule has 1 aliphatic heterocycles. The average molecular weight is 354 g/mol. The van der Waals surface area contributed by atoms with E-state index >= 15 is 0 Å². The Balaban J connectivity index is 1.99. The summed E-state index contributed by atoms with van der Waals surface area (Å²) < 4.78 is 18.9. The van der Waals surface area contributed by atoms with E-state index in [1.807, 2.05) is 32.1 Å². The number of aryl methyl sites for hydroxylation is 3. The van der Waals surface area contributed by atoms with Crippen LogP contribution in [-0.2, 0) is 9.53 Å². The number of hydrogen-bond acceptors (Lipinski definition) is 3. The lowest BCUT2D eigenvalue weighted by molar-refractivity contribution is -0.156. The number of benzene rings is 2. The predicted molar refractivity (Wildman–Crippen MR) is 100 cm³/mol. The van der Waals surface area contributed by atoms with Crippen molar-refractivity contribution in [3.63, 3.8) is 0 Å². The van der Waals surface area contributed by atoms with Gasteiger partial charge in [0, 0.05) is 6.42 Å². The number of carbonyl (C=O) groups excluding carboxylic acids is 1. The van der Waals surface area contributed by atoms with Crippen molar-refractivity contribution >= 4 is 12.0 Å². The van der Waals surface area contributed by atoms with Gasteiger partial charge in [0.2, 0.25) is 0 Å². The highest BCUT2D eigenvalue weighted by Gasteiger charge is 2.25. The first-order valence-corrected chi connectivity index (χ1v) is 8.77. The van der Waals surface area contributed by atoms with Crippen LogP contribution in [0.4, 0.5) is 4.39 Å². The molecule has 0 bridgehead atoms. The SMILES string of the molecule is Cc1cc(C)c(C=C[C@@H]2C[C@@H](O)CC(=O)O2)c(-c2ccc(F)c(C)c2)c1. The minimum absolute atomic E-state index is 0.0496. The molecule has 4 heteroatoms. The van der Waals surface area contributed by atoms with Crippen molar-refractivity contribution in [1.82, 2.24) is 0 Å². The molecule has 2 aromatic carbocycles. The highest BCUT2D eigenvalue weighted by molar-refractivity contribution is 5.78. The largest absolute Gasteiger partial charge is 0.458 e. The van der Waals surface area contributed by atoms with Gasteiger partial charge in [-0.2, -0.15) is 0 Å². The molecule has 3 nitrogen and oxygen atoms in total. The van der Waals surface area contributed by atoms with Gasteiger partial charge >= 0.3 is 5.97 Å². The second-order valence-electron chi connectivity index (χ2n) is 6.99. The number of aliphatic hydroxyl groups excluding tert-OH is 1. The summed E-state index contributed by atoms with van der Waals surface area (Å²) in [7, 11) is 0. The van der Waals surface area contributed by atoms with E-state index in [-0.39, 0.29) is 18.2 Å². The van der Waals surface area contributed by atoms with Gasteiger partial charge in [0.1, 0.15) is 11.9 Å². The van der Waals surface area contributed by atoms with Crippen LogP contribution >= 0.6 is 0 Å². The molecule has 0 saturated carbocycles. The van der Waals surface area contributed by atoms with Crippen LogP contribution in [0.3, 0.4) is 0 Å². The number of aliphatic hydroxyl groups is 1. The van der Waals surface area contributed by atoms with Crippen LogP contribution in [0, 0.1) is 26.6 Å². The van der Waals surface area contributed by atoms with Crippen molar-refractivity contribution < 1.29 is 19.0 Å². The van der Waals surface area contributed by atoms with Gasteiger partial charge in [-0.1, -0.05) is 29.8 Å². The van der Waals surface area contributed by atoms with E-state index in [1.165, 1.54) is 6.07 Å². The van der Waals surface area contributed by atoms with E-state index in [9.17, 15) is 14.3 Å².